The molecule has 0 radical (unpaired) electrons. The van der Waals surface area contributed by atoms with Gasteiger partial charge in [0.05, 0.1) is 0 Å². The molecule has 0 aliphatic heterocycles. The van der Waals surface area contributed by atoms with Crippen molar-refractivity contribution >= 4 is 29.2 Å². The molecule has 2 aromatic rings. The number of thiol groups is 1. The topological polar surface area (TPSA) is 41.8 Å². The zero-order valence-electron chi connectivity index (χ0n) is 6.54. The smallest absolute Gasteiger partial charge is 0.0477 e. The summed E-state index contributed by atoms with van der Waals surface area (Å²) in [6.07, 6.45) is 1.97. The molecule has 3 N–H and O–H groups in total. The molecule has 1 aromatic carbocycles. The minimum atomic E-state index is 0.754. The summed E-state index contributed by atoms with van der Waals surface area (Å²) in [5, 5.41) is 1.21. The van der Waals surface area contributed by atoms with Crippen LogP contribution in [-0.4, -0.2) is 4.98 Å². The number of hydrogen-bond acceptors (Lipinski definition) is 2. The van der Waals surface area contributed by atoms with Gasteiger partial charge in [-0.3, -0.25) is 0 Å². The largest absolute Gasteiger partial charge is 0.399 e. The molecular formula is C9H10N2S. The number of nitrogens with one attached hydrogen (secondary N) is 1. The van der Waals surface area contributed by atoms with Crippen LogP contribution in [0, 0.1) is 0 Å². The van der Waals surface area contributed by atoms with Gasteiger partial charge in [-0.2, -0.15) is 12.6 Å². The molecule has 0 saturated carbocycles. The molecule has 0 fully saturated rings. The molecule has 62 valence electrons. The molecule has 0 aliphatic rings. The molecule has 2 nitrogen and oxygen atoms in total. The molecule has 1 heterocycles. The Bertz CT molecular complexity index is 406. The van der Waals surface area contributed by atoms with Gasteiger partial charge in [0.15, 0.2) is 0 Å². The Morgan fingerprint density at radius 3 is 3.00 bits per heavy atom. The highest BCUT2D eigenvalue weighted by molar-refractivity contribution is 7.79. The van der Waals surface area contributed by atoms with Gasteiger partial charge in [-0.15, -0.1) is 0 Å². The number of aromatic nitrogens is 1. The Balaban J connectivity index is 2.73. The van der Waals surface area contributed by atoms with Crippen molar-refractivity contribution in [2.75, 3.05) is 5.73 Å². The molecule has 0 amide bonds. The van der Waals surface area contributed by atoms with Crippen molar-refractivity contribution < 1.29 is 0 Å². The number of aromatic amines is 1. The fraction of sp³-hybridized carbons (Fsp3) is 0.111. The van der Waals surface area contributed by atoms with E-state index in [4.69, 9.17) is 5.73 Å². The molecule has 0 unspecified atom stereocenters. The summed E-state index contributed by atoms with van der Waals surface area (Å²) in [4.78, 5) is 3.15. The van der Waals surface area contributed by atoms with E-state index in [0.717, 1.165) is 17.0 Å². The van der Waals surface area contributed by atoms with Crippen LogP contribution in [0.3, 0.4) is 0 Å². The molecule has 1 aromatic heterocycles. The van der Waals surface area contributed by atoms with E-state index in [2.05, 4.69) is 17.6 Å². The van der Waals surface area contributed by atoms with Gasteiger partial charge in [0, 0.05) is 28.5 Å². The second kappa shape index (κ2) is 2.75. The molecule has 2 rings (SSSR count). The van der Waals surface area contributed by atoms with Gasteiger partial charge < -0.3 is 10.7 Å². The van der Waals surface area contributed by atoms with Crippen LogP contribution in [0.25, 0.3) is 10.9 Å². The van der Waals surface area contributed by atoms with E-state index in [0.29, 0.717) is 0 Å². The predicted molar refractivity (Wildman–Crippen MR) is 55.4 cm³/mol. The number of benzene rings is 1. The highest BCUT2D eigenvalue weighted by atomic mass is 32.1. The van der Waals surface area contributed by atoms with Crippen molar-refractivity contribution in [1.29, 1.82) is 0 Å². The van der Waals surface area contributed by atoms with Gasteiger partial charge >= 0.3 is 0 Å². The first kappa shape index (κ1) is 7.55. The Kier molecular flexibility index (Phi) is 1.73. The first-order chi connectivity index (χ1) is 5.81. The van der Waals surface area contributed by atoms with Gasteiger partial charge in [-0.1, -0.05) is 6.07 Å². The SMILES string of the molecule is Nc1ccc2c(CS)c[nH]c2c1. The average molecular weight is 178 g/mol. The van der Waals surface area contributed by atoms with Crippen molar-refractivity contribution in [3.05, 3.63) is 30.0 Å². The van der Waals surface area contributed by atoms with E-state index in [1.165, 1.54) is 10.9 Å². The quantitative estimate of drug-likeness (QED) is 0.454. The molecule has 12 heavy (non-hydrogen) atoms. The van der Waals surface area contributed by atoms with Crippen LogP contribution in [0.1, 0.15) is 5.56 Å². The lowest BCUT2D eigenvalue weighted by Crippen LogP contribution is -1.82. The standard InChI is InChI=1S/C9H10N2S/c10-7-1-2-8-6(5-12)4-11-9(8)3-7/h1-4,11-12H,5,10H2. The van der Waals surface area contributed by atoms with Gasteiger partial charge in [-0.25, -0.2) is 0 Å². The summed E-state index contributed by atoms with van der Waals surface area (Å²) in [5.74, 6) is 0.754. The summed E-state index contributed by atoms with van der Waals surface area (Å²) in [6.45, 7) is 0. The summed E-state index contributed by atoms with van der Waals surface area (Å²) in [6, 6.07) is 5.86. The van der Waals surface area contributed by atoms with Crippen LogP contribution in [0.4, 0.5) is 5.69 Å². The third-order valence-corrected chi connectivity index (χ3v) is 2.30. The third-order valence-electron chi connectivity index (χ3n) is 1.96. The number of hydrogen-bond donors (Lipinski definition) is 3. The van der Waals surface area contributed by atoms with Crippen LogP contribution in [-0.2, 0) is 5.75 Å². The van der Waals surface area contributed by atoms with Crippen LogP contribution in [0.5, 0.6) is 0 Å². The van der Waals surface area contributed by atoms with Crippen molar-refractivity contribution in [2.24, 2.45) is 0 Å². The lowest BCUT2D eigenvalue weighted by atomic mass is 10.2. The molecule has 0 bridgehead atoms. The van der Waals surface area contributed by atoms with Gasteiger partial charge in [0.25, 0.3) is 0 Å². The Labute approximate surface area is 76.2 Å². The number of anilines is 1. The number of rotatable bonds is 1. The summed E-state index contributed by atoms with van der Waals surface area (Å²) in [7, 11) is 0. The lowest BCUT2D eigenvalue weighted by Gasteiger charge is -1.94. The zero-order valence-corrected chi connectivity index (χ0v) is 7.44. The third kappa shape index (κ3) is 1.06. The fourth-order valence-corrected chi connectivity index (χ4v) is 1.60. The van der Waals surface area contributed by atoms with Crippen LogP contribution in [0.2, 0.25) is 0 Å². The molecular weight excluding hydrogens is 168 g/mol. The Morgan fingerprint density at radius 2 is 2.25 bits per heavy atom. The number of fused-ring (bicyclic) bond motifs is 1. The maximum atomic E-state index is 5.64. The van der Waals surface area contributed by atoms with Crippen LogP contribution < -0.4 is 5.73 Å². The zero-order chi connectivity index (χ0) is 8.55. The van der Waals surface area contributed by atoms with E-state index < -0.39 is 0 Å². The van der Waals surface area contributed by atoms with E-state index in [1.807, 2.05) is 24.4 Å². The number of H-pyrrole nitrogens is 1. The fourth-order valence-electron chi connectivity index (χ4n) is 1.33. The summed E-state index contributed by atoms with van der Waals surface area (Å²) >= 11 is 4.23. The first-order valence-corrected chi connectivity index (χ1v) is 4.41. The van der Waals surface area contributed by atoms with E-state index >= 15 is 0 Å². The molecule has 0 spiro atoms. The van der Waals surface area contributed by atoms with Crippen molar-refractivity contribution in [2.45, 2.75) is 5.75 Å². The molecule has 0 atom stereocenters. The maximum Gasteiger partial charge on any atom is 0.0477 e. The summed E-state index contributed by atoms with van der Waals surface area (Å²) in [5.41, 5.74) is 8.72. The van der Waals surface area contributed by atoms with Crippen molar-refractivity contribution in [1.82, 2.24) is 4.98 Å². The minimum Gasteiger partial charge on any atom is -0.399 e. The number of nitrogen functional groups attached to an aromatic ring is 1. The highest BCUT2D eigenvalue weighted by Crippen LogP contribution is 2.21. The normalized spacial score (nSPS) is 10.8. The van der Waals surface area contributed by atoms with Crippen LogP contribution in [0.15, 0.2) is 24.4 Å². The monoisotopic (exact) mass is 178 g/mol. The minimum absolute atomic E-state index is 0.754. The number of nitrogens with two attached hydrogens (primary N) is 1. The predicted octanol–water partition coefficient (Wildman–Crippen LogP) is 2.18. The van der Waals surface area contributed by atoms with E-state index in [1.54, 1.807) is 0 Å². The lowest BCUT2D eigenvalue weighted by molar-refractivity contribution is 1.41. The van der Waals surface area contributed by atoms with Crippen LogP contribution >= 0.6 is 12.6 Å². The maximum absolute atomic E-state index is 5.64. The Morgan fingerprint density at radius 1 is 1.42 bits per heavy atom. The average Bonchev–Trinajstić information content (AvgIpc) is 2.46. The van der Waals surface area contributed by atoms with Gasteiger partial charge in [0.2, 0.25) is 0 Å². The van der Waals surface area contributed by atoms with Gasteiger partial charge in [-0.05, 0) is 17.7 Å². The van der Waals surface area contributed by atoms with Gasteiger partial charge in [0.1, 0.15) is 0 Å². The molecule has 3 heteroatoms. The molecule has 0 saturated heterocycles. The first-order valence-electron chi connectivity index (χ1n) is 3.77. The summed E-state index contributed by atoms with van der Waals surface area (Å²) < 4.78 is 0. The van der Waals surface area contributed by atoms with Crippen molar-refractivity contribution in [3.8, 4) is 0 Å². The van der Waals surface area contributed by atoms with Crippen molar-refractivity contribution in [3.63, 3.8) is 0 Å². The van der Waals surface area contributed by atoms with E-state index in [-0.39, 0.29) is 0 Å². The Hall–Kier alpha value is -1.09. The van der Waals surface area contributed by atoms with E-state index in [9.17, 15) is 0 Å². The molecule has 0 aliphatic carbocycles. The highest BCUT2D eigenvalue weighted by Gasteiger charge is 2.00. The second-order valence-corrected chi connectivity index (χ2v) is 3.09. The second-order valence-electron chi connectivity index (χ2n) is 2.78.